The highest BCUT2D eigenvalue weighted by atomic mass is 16.2. The molecule has 0 bridgehead atoms. The third-order valence-corrected chi connectivity index (χ3v) is 4.41. The van der Waals surface area contributed by atoms with Crippen molar-refractivity contribution in [2.24, 2.45) is 0 Å². The first kappa shape index (κ1) is 17.1. The second-order valence-electron chi connectivity index (χ2n) is 6.49. The predicted octanol–water partition coefficient (Wildman–Crippen LogP) is 2.81. The molecule has 5 nitrogen and oxygen atoms in total. The number of nitrogens with zero attached hydrogens (tertiary/aromatic N) is 2. The summed E-state index contributed by atoms with van der Waals surface area (Å²) >= 11 is 0. The molecule has 2 amide bonds. The highest BCUT2D eigenvalue weighted by Gasteiger charge is 2.23. The van der Waals surface area contributed by atoms with Crippen LogP contribution in [0, 0.1) is 0 Å². The van der Waals surface area contributed by atoms with Gasteiger partial charge >= 0.3 is 0 Å². The second kappa shape index (κ2) is 7.47. The highest BCUT2D eigenvalue weighted by Crippen LogP contribution is 2.19. The van der Waals surface area contributed by atoms with E-state index in [2.05, 4.69) is 10.3 Å². The monoisotopic (exact) mass is 337 g/mol. The summed E-state index contributed by atoms with van der Waals surface area (Å²) in [6, 6.07) is 9.55. The van der Waals surface area contributed by atoms with Gasteiger partial charge in [-0.1, -0.05) is 19.1 Å². The van der Waals surface area contributed by atoms with E-state index in [0.717, 1.165) is 30.4 Å². The third-order valence-electron chi connectivity index (χ3n) is 4.41. The Morgan fingerprint density at radius 3 is 2.56 bits per heavy atom. The normalized spacial score (nSPS) is 13.4. The average molecular weight is 337 g/mol. The molecule has 0 radical (unpaired) electrons. The van der Waals surface area contributed by atoms with Gasteiger partial charge in [-0.25, -0.2) is 0 Å². The van der Waals surface area contributed by atoms with Gasteiger partial charge in [-0.05, 0) is 48.6 Å². The van der Waals surface area contributed by atoms with Crippen LogP contribution in [-0.2, 0) is 13.0 Å². The number of carbonyl (C=O) groups is 2. The van der Waals surface area contributed by atoms with Crippen LogP contribution in [0.2, 0.25) is 0 Å². The minimum atomic E-state index is -0.0251. The lowest BCUT2D eigenvalue weighted by molar-refractivity contribution is 0.0783. The van der Waals surface area contributed by atoms with Crippen molar-refractivity contribution in [2.45, 2.75) is 38.8 Å². The molecule has 1 aliphatic rings. The van der Waals surface area contributed by atoms with Gasteiger partial charge in [-0.3, -0.25) is 14.6 Å². The van der Waals surface area contributed by atoms with Crippen LogP contribution in [0.5, 0.6) is 0 Å². The molecule has 1 saturated carbocycles. The number of aromatic nitrogens is 1. The van der Waals surface area contributed by atoms with Gasteiger partial charge in [0.15, 0.2) is 0 Å². The van der Waals surface area contributed by atoms with Gasteiger partial charge in [0.1, 0.15) is 0 Å². The first-order chi connectivity index (χ1) is 12.1. The number of hydrogen-bond acceptors (Lipinski definition) is 3. The Morgan fingerprint density at radius 1 is 1.20 bits per heavy atom. The zero-order valence-corrected chi connectivity index (χ0v) is 14.7. The van der Waals surface area contributed by atoms with Crippen LogP contribution in [-0.4, -0.2) is 34.8 Å². The molecule has 3 rings (SSSR count). The van der Waals surface area contributed by atoms with Crippen molar-refractivity contribution >= 4 is 11.8 Å². The molecule has 130 valence electrons. The lowest BCUT2D eigenvalue weighted by Crippen LogP contribution is -2.27. The maximum Gasteiger partial charge on any atom is 0.254 e. The molecule has 1 aromatic heterocycles. The van der Waals surface area contributed by atoms with E-state index in [9.17, 15) is 9.59 Å². The Hall–Kier alpha value is -2.69. The standard InChI is InChI=1S/C20H23N3O2/c1-3-15-12-21-11-10-18(15)20(25)23(2)13-14-4-6-16(7-5-14)19(24)22-17-8-9-17/h4-7,10-12,17H,3,8-9,13H2,1-2H3,(H,22,24). The molecular formula is C20H23N3O2. The maximum absolute atomic E-state index is 12.7. The third kappa shape index (κ3) is 4.24. The second-order valence-corrected chi connectivity index (χ2v) is 6.49. The number of amides is 2. The molecule has 1 fully saturated rings. The van der Waals surface area contributed by atoms with Gasteiger partial charge in [0.05, 0.1) is 0 Å². The summed E-state index contributed by atoms with van der Waals surface area (Å²) in [6.07, 6.45) is 6.31. The van der Waals surface area contributed by atoms with Crippen molar-refractivity contribution in [3.63, 3.8) is 0 Å². The summed E-state index contributed by atoms with van der Waals surface area (Å²) in [5, 5.41) is 2.97. The van der Waals surface area contributed by atoms with Crippen molar-refractivity contribution in [1.29, 1.82) is 0 Å². The number of benzene rings is 1. The van der Waals surface area contributed by atoms with Crippen LogP contribution < -0.4 is 5.32 Å². The Bertz CT molecular complexity index is 767. The minimum Gasteiger partial charge on any atom is -0.349 e. The number of nitrogens with one attached hydrogen (secondary N) is 1. The number of hydrogen-bond donors (Lipinski definition) is 1. The quantitative estimate of drug-likeness (QED) is 0.882. The molecular weight excluding hydrogens is 314 g/mol. The number of aryl methyl sites for hydroxylation is 1. The smallest absolute Gasteiger partial charge is 0.254 e. The van der Waals surface area contributed by atoms with Crippen molar-refractivity contribution in [1.82, 2.24) is 15.2 Å². The number of carbonyl (C=O) groups excluding carboxylic acids is 2. The average Bonchev–Trinajstić information content (AvgIpc) is 3.45. The van der Waals surface area contributed by atoms with E-state index in [4.69, 9.17) is 0 Å². The van der Waals surface area contributed by atoms with Crippen molar-refractivity contribution in [3.8, 4) is 0 Å². The fourth-order valence-electron chi connectivity index (χ4n) is 2.73. The van der Waals surface area contributed by atoms with E-state index in [-0.39, 0.29) is 11.8 Å². The van der Waals surface area contributed by atoms with Crippen molar-refractivity contribution in [2.75, 3.05) is 7.05 Å². The molecule has 1 N–H and O–H groups in total. The molecule has 2 aromatic rings. The van der Waals surface area contributed by atoms with E-state index in [1.54, 1.807) is 30.4 Å². The number of pyridine rings is 1. The van der Waals surface area contributed by atoms with E-state index < -0.39 is 0 Å². The minimum absolute atomic E-state index is 0.0187. The van der Waals surface area contributed by atoms with E-state index >= 15 is 0 Å². The van der Waals surface area contributed by atoms with Crippen molar-refractivity contribution in [3.05, 3.63) is 65.0 Å². The first-order valence-corrected chi connectivity index (χ1v) is 8.66. The van der Waals surface area contributed by atoms with E-state index in [0.29, 0.717) is 23.7 Å². The molecule has 1 aliphatic carbocycles. The van der Waals surface area contributed by atoms with Gasteiger partial charge in [0.25, 0.3) is 11.8 Å². The van der Waals surface area contributed by atoms with Crippen LogP contribution >= 0.6 is 0 Å². The lowest BCUT2D eigenvalue weighted by Gasteiger charge is -2.19. The summed E-state index contributed by atoms with van der Waals surface area (Å²) in [5.41, 5.74) is 3.30. The zero-order chi connectivity index (χ0) is 17.8. The highest BCUT2D eigenvalue weighted by molar-refractivity contribution is 5.95. The van der Waals surface area contributed by atoms with Crippen LogP contribution in [0.4, 0.5) is 0 Å². The molecule has 0 unspecified atom stereocenters. The first-order valence-electron chi connectivity index (χ1n) is 8.66. The Morgan fingerprint density at radius 2 is 1.92 bits per heavy atom. The van der Waals surface area contributed by atoms with Crippen molar-refractivity contribution < 1.29 is 9.59 Å². The predicted molar refractivity (Wildman–Crippen MR) is 96.3 cm³/mol. The maximum atomic E-state index is 12.7. The Balaban J connectivity index is 1.64. The van der Waals surface area contributed by atoms with Crippen LogP contribution in [0.15, 0.2) is 42.7 Å². The van der Waals surface area contributed by atoms with Gasteiger partial charge in [0.2, 0.25) is 0 Å². The van der Waals surface area contributed by atoms with Crippen LogP contribution in [0.1, 0.15) is 51.6 Å². The molecule has 25 heavy (non-hydrogen) atoms. The summed E-state index contributed by atoms with van der Waals surface area (Å²) < 4.78 is 0. The Kier molecular flexibility index (Phi) is 5.12. The molecule has 0 atom stereocenters. The topological polar surface area (TPSA) is 62.3 Å². The molecule has 0 aliphatic heterocycles. The summed E-state index contributed by atoms with van der Waals surface area (Å²) in [5.74, 6) is -0.0438. The molecule has 5 heteroatoms. The van der Waals surface area contributed by atoms with Gasteiger partial charge in [-0.2, -0.15) is 0 Å². The molecule has 1 heterocycles. The van der Waals surface area contributed by atoms with Gasteiger partial charge in [0, 0.05) is 43.2 Å². The largest absolute Gasteiger partial charge is 0.349 e. The van der Waals surface area contributed by atoms with Gasteiger partial charge in [-0.15, -0.1) is 0 Å². The number of rotatable bonds is 6. The summed E-state index contributed by atoms with van der Waals surface area (Å²) in [6.45, 7) is 2.51. The fourth-order valence-corrected chi connectivity index (χ4v) is 2.73. The Labute approximate surface area is 148 Å². The summed E-state index contributed by atoms with van der Waals surface area (Å²) in [7, 11) is 1.79. The molecule has 0 saturated heterocycles. The van der Waals surface area contributed by atoms with E-state index in [1.165, 1.54) is 0 Å². The SMILES string of the molecule is CCc1cnccc1C(=O)N(C)Cc1ccc(C(=O)NC2CC2)cc1. The lowest BCUT2D eigenvalue weighted by atomic mass is 10.1. The molecule has 0 spiro atoms. The zero-order valence-electron chi connectivity index (χ0n) is 14.7. The van der Waals surface area contributed by atoms with Crippen LogP contribution in [0.25, 0.3) is 0 Å². The molecule has 1 aromatic carbocycles. The summed E-state index contributed by atoms with van der Waals surface area (Å²) in [4.78, 5) is 30.4. The fraction of sp³-hybridized carbons (Fsp3) is 0.350. The van der Waals surface area contributed by atoms with E-state index in [1.807, 2.05) is 31.2 Å². The van der Waals surface area contributed by atoms with Gasteiger partial charge < -0.3 is 10.2 Å². The van der Waals surface area contributed by atoms with Crippen LogP contribution in [0.3, 0.4) is 0 Å².